The molecule has 4 nitrogen and oxygen atoms in total. The average molecular weight is 250 g/mol. The van der Waals surface area contributed by atoms with E-state index >= 15 is 0 Å². The van der Waals surface area contributed by atoms with Crippen LogP contribution in [0.5, 0.6) is 5.75 Å². The summed E-state index contributed by atoms with van der Waals surface area (Å²) in [4.78, 5) is 2.39. The zero-order valence-corrected chi connectivity index (χ0v) is 11.0. The van der Waals surface area contributed by atoms with Gasteiger partial charge < -0.3 is 15.2 Å². The molecule has 1 fully saturated rings. The molecule has 100 valence electrons. The number of benzene rings is 1. The van der Waals surface area contributed by atoms with Crippen LogP contribution in [0.25, 0.3) is 0 Å². The molecule has 1 aromatic rings. The highest BCUT2D eigenvalue weighted by Crippen LogP contribution is 2.15. The Kier molecular flexibility index (Phi) is 4.99. The van der Waals surface area contributed by atoms with E-state index in [9.17, 15) is 0 Å². The highest BCUT2D eigenvalue weighted by molar-refractivity contribution is 5.27. The second-order valence-corrected chi connectivity index (χ2v) is 4.54. The smallest absolute Gasteiger partial charge is 0.119 e. The molecule has 1 aliphatic rings. The quantitative estimate of drug-likeness (QED) is 0.854. The normalized spacial score (nSPS) is 20.9. The van der Waals surface area contributed by atoms with Gasteiger partial charge in [-0.05, 0) is 24.6 Å². The second kappa shape index (κ2) is 6.73. The summed E-state index contributed by atoms with van der Waals surface area (Å²) in [5, 5.41) is 0. The van der Waals surface area contributed by atoms with E-state index in [0.29, 0.717) is 13.2 Å². The molecular formula is C14H22N2O2. The van der Waals surface area contributed by atoms with Gasteiger partial charge in [0.2, 0.25) is 0 Å². The Morgan fingerprint density at radius 2 is 2.17 bits per heavy atom. The van der Waals surface area contributed by atoms with Gasteiger partial charge >= 0.3 is 0 Å². The molecule has 1 aromatic carbocycles. The van der Waals surface area contributed by atoms with Crippen molar-refractivity contribution in [1.82, 2.24) is 4.90 Å². The van der Waals surface area contributed by atoms with E-state index in [1.54, 1.807) is 0 Å². The summed E-state index contributed by atoms with van der Waals surface area (Å²) in [6.07, 6.45) is 0.182. The number of hydrogen-bond donors (Lipinski definition) is 1. The van der Waals surface area contributed by atoms with Crippen molar-refractivity contribution < 1.29 is 9.47 Å². The van der Waals surface area contributed by atoms with Gasteiger partial charge in [0.15, 0.2) is 0 Å². The maximum Gasteiger partial charge on any atom is 0.119 e. The summed E-state index contributed by atoms with van der Waals surface area (Å²) in [5.74, 6) is 0.933. The van der Waals surface area contributed by atoms with Crippen LogP contribution in [-0.2, 0) is 11.3 Å². The van der Waals surface area contributed by atoms with Crippen molar-refractivity contribution in [1.29, 1.82) is 0 Å². The van der Waals surface area contributed by atoms with Crippen molar-refractivity contribution >= 4 is 0 Å². The number of ether oxygens (including phenoxy) is 2. The first-order valence-electron chi connectivity index (χ1n) is 6.57. The van der Waals surface area contributed by atoms with Crippen LogP contribution in [0.15, 0.2) is 24.3 Å². The van der Waals surface area contributed by atoms with Gasteiger partial charge in [-0.15, -0.1) is 0 Å². The standard InChI is InChI=1S/C14H22N2O2/c1-2-17-13-5-3-12(4-6-13)10-16-7-8-18-14(9-15)11-16/h3-6,14H,2,7-11,15H2,1H3. The highest BCUT2D eigenvalue weighted by Gasteiger charge is 2.18. The van der Waals surface area contributed by atoms with Crippen molar-refractivity contribution in [2.24, 2.45) is 5.73 Å². The second-order valence-electron chi connectivity index (χ2n) is 4.54. The molecule has 0 aliphatic carbocycles. The topological polar surface area (TPSA) is 47.7 Å². The molecule has 2 N–H and O–H groups in total. The SMILES string of the molecule is CCOc1ccc(CN2CCOC(CN)C2)cc1. The Morgan fingerprint density at radius 1 is 1.39 bits per heavy atom. The van der Waals surface area contributed by atoms with E-state index in [2.05, 4.69) is 17.0 Å². The maximum absolute atomic E-state index is 5.64. The summed E-state index contributed by atoms with van der Waals surface area (Å²) >= 11 is 0. The lowest BCUT2D eigenvalue weighted by atomic mass is 10.2. The molecule has 18 heavy (non-hydrogen) atoms. The zero-order valence-electron chi connectivity index (χ0n) is 11.0. The largest absolute Gasteiger partial charge is 0.494 e. The third kappa shape index (κ3) is 3.70. The van der Waals surface area contributed by atoms with Crippen molar-refractivity contribution in [3.63, 3.8) is 0 Å². The van der Waals surface area contributed by atoms with Crippen molar-refractivity contribution in [3.05, 3.63) is 29.8 Å². The lowest BCUT2D eigenvalue weighted by molar-refractivity contribution is -0.0260. The molecule has 2 rings (SSSR count). The molecule has 4 heteroatoms. The molecule has 0 radical (unpaired) electrons. The van der Waals surface area contributed by atoms with E-state index in [-0.39, 0.29) is 6.10 Å². The van der Waals surface area contributed by atoms with Crippen LogP contribution < -0.4 is 10.5 Å². The van der Waals surface area contributed by atoms with Crippen LogP contribution in [0.4, 0.5) is 0 Å². The van der Waals surface area contributed by atoms with Crippen LogP contribution in [0, 0.1) is 0 Å². The third-order valence-corrected chi connectivity index (χ3v) is 3.13. The Bertz CT molecular complexity index is 353. The van der Waals surface area contributed by atoms with Crippen molar-refractivity contribution in [2.75, 3.05) is 32.8 Å². The van der Waals surface area contributed by atoms with E-state index in [4.69, 9.17) is 15.2 Å². The molecule has 1 saturated heterocycles. The minimum Gasteiger partial charge on any atom is -0.494 e. The first kappa shape index (κ1) is 13.3. The number of nitrogens with two attached hydrogens (primary N) is 1. The molecule has 1 atom stereocenters. The minimum absolute atomic E-state index is 0.182. The van der Waals surface area contributed by atoms with Gasteiger partial charge in [-0.3, -0.25) is 4.90 Å². The molecule has 0 amide bonds. The van der Waals surface area contributed by atoms with Gasteiger partial charge in [-0.25, -0.2) is 0 Å². The highest BCUT2D eigenvalue weighted by atomic mass is 16.5. The summed E-state index contributed by atoms with van der Waals surface area (Å²) in [6, 6.07) is 8.30. The summed E-state index contributed by atoms with van der Waals surface area (Å²) < 4.78 is 11.0. The molecule has 0 saturated carbocycles. The van der Waals surface area contributed by atoms with Gasteiger partial charge in [0.25, 0.3) is 0 Å². The van der Waals surface area contributed by atoms with Gasteiger partial charge in [0.1, 0.15) is 5.75 Å². The predicted octanol–water partition coefficient (Wildman–Crippen LogP) is 1.24. The Balaban J connectivity index is 1.88. The maximum atomic E-state index is 5.64. The minimum atomic E-state index is 0.182. The summed E-state index contributed by atoms with van der Waals surface area (Å²) in [6.45, 7) is 6.92. The van der Waals surface area contributed by atoms with Crippen molar-refractivity contribution in [3.8, 4) is 5.75 Å². The number of morpholine rings is 1. The molecule has 0 bridgehead atoms. The third-order valence-electron chi connectivity index (χ3n) is 3.13. The van der Waals surface area contributed by atoms with Crippen LogP contribution >= 0.6 is 0 Å². The number of nitrogens with zero attached hydrogens (tertiary/aromatic N) is 1. The monoisotopic (exact) mass is 250 g/mol. The lowest BCUT2D eigenvalue weighted by Crippen LogP contribution is -2.45. The molecular weight excluding hydrogens is 228 g/mol. The molecule has 0 spiro atoms. The predicted molar refractivity (Wildman–Crippen MR) is 71.7 cm³/mol. The van der Waals surface area contributed by atoms with Gasteiger partial charge in [0.05, 0.1) is 19.3 Å². The first-order valence-corrected chi connectivity index (χ1v) is 6.57. The fraction of sp³-hybridized carbons (Fsp3) is 0.571. The van der Waals surface area contributed by atoms with Crippen LogP contribution in [0.3, 0.4) is 0 Å². The Labute approximate surface area is 109 Å². The van der Waals surface area contributed by atoms with E-state index in [1.165, 1.54) is 5.56 Å². The van der Waals surface area contributed by atoms with Crippen LogP contribution in [-0.4, -0.2) is 43.9 Å². The Hall–Kier alpha value is -1.10. The fourth-order valence-electron chi connectivity index (χ4n) is 2.18. The lowest BCUT2D eigenvalue weighted by Gasteiger charge is -2.32. The Morgan fingerprint density at radius 3 is 2.83 bits per heavy atom. The molecule has 1 unspecified atom stereocenters. The number of rotatable bonds is 5. The number of hydrogen-bond acceptors (Lipinski definition) is 4. The van der Waals surface area contributed by atoms with E-state index in [1.807, 2.05) is 19.1 Å². The summed E-state index contributed by atoms with van der Waals surface area (Å²) in [5.41, 5.74) is 6.95. The average Bonchev–Trinajstić information content (AvgIpc) is 2.42. The van der Waals surface area contributed by atoms with E-state index in [0.717, 1.165) is 32.0 Å². The molecule has 1 aliphatic heterocycles. The van der Waals surface area contributed by atoms with Gasteiger partial charge in [-0.1, -0.05) is 12.1 Å². The first-order chi connectivity index (χ1) is 8.81. The molecule has 0 aromatic heterocycles. The van der Waals surface area contributed by atoms with Gasteiger partial charge in [0, 0.05) is 26.2 Å². The fourth-order valence-corrected chi connectivity index (χ4v) is 2.18. The zero-order chi connectivity index (χ0) is 12.8. The van der Waals surface area contributed by atoms with Crippen LogP contribution in [0.1, 0.15) is 12.5 Å². The van der Waals surface area contributed by atoms with Gasteiger partial charge in [-0.2, -0.15) is 0 Å². The summed E-state index contributed by atoms with van der Waals surface area (Å²) in [7, 11) is 0. The van der Waals surface area contributed by atoms with E-state index < -0.39 is 0 Å². The van der Waals surface area contributed by atoms with Crippen molar-refractivity contribution in [2.45, 2.75) is 19.6 Å². The molecule has 1 heterocycles. The van der Waals surface area contributed by atoms with Crippen LogP contribution in [0.2, 0.25) is 0 Å².